The molecule has 0 aliphatic carbocycles. The van der Waals surface area contributed by atoms with E-state index in [-0.39, 0.29) is 56.5 Å². The van der Waals surface area contributed by atoms with Crippen LogP contribution in [-0.2, 0) is 33.3 Å². The van der Waals surface area contributed by atoms with Gasteiger partial charge in [-0.2, -0.15) is 0 Å². The number of ether oxygens (including phenoxy) is 5. The van der Waals surface area contributed by atoms with Gasteiger partial charge in [0.25, 0.3) is 0 Å². The molecule has 0 aromatic rings. The molecule has 24 heavy (non-hydrogen) atoms. The van der Waals surface area contributed by atoms with Gasteiger partial charge in [-0.05, 0) is 6.92 Å². The van der Waals surface area contributed by atoms with Crippen molar-refractivity contribution in [2.45, 2.75) is 6.92 Å². The zero-order valence-corrected chi connectivity index (χ0v) is 14.1. The largest absolute Gasteiger partial charge is 0.503 e. The van der Waals surface area contributed by atoms with Crippen LogP contribution in [0.4, 0.5) is 0 Å². The second kappa shape index (κ2) is 13.3. The molecular weight excluding hydrogens is 324 g/mol. The van der Waals surface area contributed by atoms with Crippen molar-refractivity contribution in [2.24, 2.45) is 0 Å². The van der Waals surface area contributed by atoms with Crippen molar-refractivity contribution in [1.82, 2.24) is 0 Å². The van der Waals surface area contributed by atoms with E-state index in [2.05, 4.69) is 0 Å². The van der Waals surface area contributed by atoms with Crippen LogP contribution in [0.3, 0.4) is 0 Å². The van der Waals surface area contributed by atoms with Crippen molar-refractivity contribution in [2.75, 3.05) is 53.9 Å². The molecule has 0 saturated carbocycles. The lowest BCUT2D eigenvalue weighted by atomic mass is 10.1. The van der Waals surface area contributed by atoms with Gasteiger partial charge in [0.15, 0.2) is 0 Å². The summed E-state index contributed by atoms with van der Waals surface area (Å²) in [5, 5.41) is 17.3. The summed E-state index contributed by atoms with van der Waals surface area (Å²) in [6, 6.07) is 0. The first-order valence-electron chi connectivity index (χ1n) is 7.15. The molecule has 0 unspecified atom stereocenters. The number of hydrogen-bond donors (Lipinski definition) is 2. The summed E-state index contributed by atoms with van der Waals surface area (Å²) in [6.45, 7) is 0.996. The summed E-state index contributed by atoms with van der Waals surface area (Å²) in [6.07, 6.45) is 1.07. The van der Waals surface area contributed by atoms with E-state index >= 15 is 0 Å². The minimum Gasteiger partial charge on any atom is -0.503 e. The highest BCUT2D eigenvalue weighted by Crippen LogP contribution is 2.19. The van der Waals surface area contributed by atoms with Gasteiger partial charge < -0.3 is 33.9 Å². The number of carbonyl (C=O) groups is 2. The predicted molar refractivity (Wildman–Crippen MR) is 81.7 cm³/mol. The Hall–Kier alpha value is -2.10. The molecule has 2 N–H and O–H groups in total. The maximum absolute atomic E-state index is 12.0. The van der Waals surface area contributed by atoms with Gasteiger partial charge in [-0.3, -0.25) is 0 Å². The highest BCUT2D eigenvalue weighted by molar-refractivity contribution is 5.97. The molecule has 0 radical (unpaired) electrons. The monoisotopic (exact) mass is 348 g/mol. The Bertz CT molecular complexity index is 454. The van der Waals surface area contributed by atoms with Gasteiger partial charge in [-0.15, -0.1) is 0 Å². The topological polar surface area (TPSA) is 121 Å². The summed E-state index contributed by atoms with van der Waals surface area (Å²) in [4.78, 5) is 24.0. The summed E-state index contributed by atoms with van der Waals surface area (Å²) < 4.78 is 24.6. The van der Waals surface area contributed by atoms with E-state index in [0.717, 1.165) is 6.26 Å². The molecule has 0 aromatic heterocycles. The number of aliphatic hydroxyl groups excluding tert-OH is 2. The molecule has 0 aliphatic heterocycles. The normalized spacial score (nSPS) is 12.3. The standard InChI is InChI=1S/C15H24O9/c1-11(14(18)24-9-8-22-6-4-16)13(21-3)12(10-20-2)15(19)23-7-5-17/h10,16-17H,4-9H2,1-3H3. The number of aliphatic hydroxyl groups is 2. The molecule has 0 spiro atoms. The van der Waals surface area contributed by atoms with Crippen molar-refractivity contribution >= 4 is 11.9 Å². The molecule has 0 bridgehead atoms. The molecule has 0 amide bonds. The fraction of sp³-hybridized carbons (Fsp3) is 0.600. The minimum atomic E-state index is -0.818. The van der Waals surface area contributed by atoms with Crippen molar-refractivity contribution in [3.05, 3.63) is 23.2 Å². The van der Waals surface area contributed by atoms with Crippen LogP contribution in [-0.4, -0.2) is 76.0 Å². The van der Waals surface area contributed by atoms with Gasteiger partial charge in [0.1, 0.15) is 30.8 Å². The van der Waals surface area contributed by atoms with Crippen molar-refractivity contribution in [3.8, 4) is 0 Å². The SMILES string of the molecule is COC=C(C(=O)OCCO)C(OC)=C(C)C(=O)OCCOCCO. The van der Waals surface area contributed by atoms with Gasteiger partial charge in [0.2, 0.25) is 0 Å². The molecule has 0 aromatic carbocycles. The zero-order chi connectivity index (χ0) is 18.4. The average molecular weight is 348 g/mol. The second-order valence-electron chi connectivity index (χ2n) is 4.26. The second-order valence-corrected chi connectivity index (χ2v) is 4.26. The zero-order valence-electron chi connectivity index (χ0n) is 14.1. The average Bonchev–Trinajstić information content (AvgIpc) is 2.58. The highest BCUT2D eigenvalue weighted by atomic mass is 16.6. The Labute approximate surface area is 140 Å². The fourth-order valence-corrected chi connectivity index (χ4v) is 1.55. The van der Waals surface area contributed by atoms with Crippen LogP contribution in [0, 0.1) is 0 Å². The minimum absolute atomic E-state index is 0.0224. The maximum Gasteiger partial charge on any atom is 0.345 e. The van der Waals surface area contributed by atoms with Gasteiger partial charge in [-0.1, -0.05) is 0 Å². The van der Waals surface area contributed by atoms with E-state index in [1.54, 1.807) is 0 Å². The van der Waals surface area contributed by atoms with Crippen LogP contribution in [0.25, 0.3) is 0 Å². The molecule has 0 aliphatic rings. The molecule has 0 fully saturated rings. The number of methoxy groups -OCH3 is 2. The van der Waals surface area contributed by atoms with Gasteiger partial charge in [-0.25, -0.2) is 9.59 Å². The molecule has 0 heterocycles. The van der Waals surface area contributed by atoms with E-state index in [1.807, 2.05) is 0 Å². The number of esters is 2. The molecule has 9 nitrogen and oxygen atoms in total. The molecular formula is C15H24O9. The van der Waals surface area contributed by atoms with E-state index < -0.39 is 11.9 Å². The number of carbonyl (C=O) groups excluding carboxylic acids is 2. The molecule has 9 heteroatoms. The fourth-order valence-electron chi connectivity index (χ4n) is 1.55. The number of hydrogen-bond acceptors (Lipinski definition) is 9. The lowest BCUT2D eigenvalue weighted by Gasteiger charge is -2.13. The Kier molecular flexibility index (Phi) is 12.2. The molecule has 0 saturated heterocycles. The van der Waals surface area contributed by atoms with Crippen LogP contribution >= 0.6 is 0 Å². The van der Waals surface area contributed by atoms with Gasteiger partial charge >= 0.3 is 11.9 Å². The summed E-state index contributed by atoms with van der Waals surface area (Å²) in [7, 11) is 2.60. The number of rotatable bonds is 12. The van der Waals surface area contributed by atoms with Crippen LogP contribution in [0.1, 0.15) is 6.92 Å². The van der Waals surface area contributed by atoms with Crippen LogP contribution in [0.5, 0.6) is 0 Å². The lowest BCUT2D eigenvalue weighted by Crippen LogP contribution is -2.18. The predicted octanol–water partition coefficient (Wildman–Crippen LogP) is -0.475. The van der Waals surface area contributed by atoms with E-state index in [9.17, 15) is 9.59 Å². The smallest absolute Gasteiger partial charge is 0.345 e. The van der Waals surface area contributed by atoms with E-state index in [0.29, 0.717) is 0 Å². The third-order valence-electron chi connectivity index (χ3n) is 2.57. The van der Waals surface area contributed by atoms with Crippen molar-refractivity contribution in [1.29, 1.82) is 0 Å². The summed E-state index contributed by atoms with van der Waals surface area (Å²) in [5.41, 5.74) is -0.0941. The third kappa shape index (κ3) is 7.95. The maximum atomic E-state index is 12.0. The van der Waals surface area contributed by atoms with E-state index in [1.165, 1.54) is 21.1 Å². The first-order chi connectivity index (χ1) is 11.5. The lowest BCUT2D eigenvalue weighted by molar-refractivity contribution is -0.140. The summed E-state index contributed by atoms with van der Waals surface area (Å²) in [5.74, 6) is -1.60. The first-order valence-corrected chi connectivity index (χ1v) is 7.15. The van der Waals surface area contributed by atoms with Gasteiger partial charge in [0, 0.05) is 0 Å². The van der Waals surface area contributed by atoms with Crippen LogP contribution in [0.2, 0.25) is 0 Å². The third-order valence-corrected chi connectivity index (χ3v) is 2.57. The Morgan fingerprint density at radius 2 is 1.54 bits per heavy atom. The highest BCUT2D eigenvalue weighted by Gasteiger charge is 2.23. The summed E-state index contributed by atoms with van der Waals surface area (Å²) >= 11 is 0. The molecule has 0 atom stereocenters. The van der Waals surface area contributed by atoms with Crippen LogP contribution < -0.4 is 0 Å². The van der Waals surface area contributed by atoms with Gasteiger partial charge in [0.05, 0.1) is 46.2 Å². The Morgan fingerprint density at radius 3 is 2.08 bits per heavy atom. The Balaban J connectivity index is 5.04. The quantitative estimate of drug-likeness (QED) is 0.158. The molecule has 0 rings (SSSR count). The van der Waals surface area contributed by atoms with E-state index in [4.69, 9.17) is 33.9 Å². The molecule has 138 valence electrons. The van der Waals surface area contributed by atoms with Crippen molar-refractivity contribution < 1.29 is 43.5 Å². The first kappa shape index (κ1) is 21.9. The van der Waals surface area contributed by atoms with Crippen molar-refractivity contribution in [3.63, 3.8) is 0 Å². The Morgan fingerprint density at radius 1 is 0.917 bits per heavy atom. The van der Waals surface area contributed by atoms with Crippen LogP contribution in [0.15, 0.2) is 23.2 Å².